The molecule has 3 aromatic rings. The Labute approximate surface area is 128 Å². The molecule has 1 saturated heterocycles. The van der Waals surface area contributed by atoms with E-state index in [4.69, 9.17) is 4.42 Å². The van der Waals surface area contributed by atoms with Gasteiger partial charge in [0.2, 0.25) is 12.8 Å². The molecule has 108 valence electrons. The zero-order chi connectivity index (χ0) is 14.5. The highest BCUT2D eigenvalue weighted by atomic mass is 16.3. The Morgan fingerprint density at radius 1 is 1.05 bits per heavy atom. The monoisotopic (exact) mass is 290 g/mol. The van der Waals surface area contributed by atoms with Crippen molar-refractivity contribution in [1.82, 2.24) is 4.48 Å². The summed E-state index contributed by atoms with van der Waals surface area (Å²) < 4.78 is 8.24. The molecule has 4 aliphatic rings. The minimum atomic E-state index is 0.697. The number of hydrogen-bond acceptors (Lipinski definition) is 1. The SMILES string of the molecule is C[N+]12C=C[N+]3(C1)c1cc4c(cc1CCC23)oc1ccccc14. The van der Waals surface area contributed by atoms with Gasteiger partial charge in [-0.05, 0) is 18.6 Å². The molecule has 0 N–H and O–H groups in total. The third kappa shape index (κ3) is 1.08. The summed E-state index contributed by atoms with van der Waals surface area (Å²) in [6, 6.07) is 13.1. The van der Waals surface area contributed by atoms with Crippen molar-refractivity contribution in [3.05, 3.63) is 54.4 Å². The summed E-state index contributed by atoms with van der Waals surface area (Å²) in [6.45, 7) is 1.18. The van der Waals surface area contributed by atoms with Gasteiger partial charge in [-0.3, -0.25) is 0 Å². The van der Waals surface area contributed by atoms with Crippen molar-refractivity contribution in [3.63, 3.8) is 0 Å². The molecule has 0 radical (unpaired) electrons. The van der Waals surface area contributed by atoms with Crippen LogP contribution < -0.4 is 4.48 Å². The molecular weight excluding hydrogens is 272 g/mol. The average molecular weight is 290 g/mol. The Morgan fingerprint density at radius 3 is 2.86 bits per heavy atom. The second kappa shape index (κ2) is 3.29. The minimum absolute atomic E-state index is 0.697. The predicted molar refractivity (Wildman–Crippen MR) is 87.8 cm³/mol. The van der Waals surface area contributed by atoms with Gasteiger partial charge in [-0.15, -0.1) is 0 Å². The van der Waals surface area contributed by atoms with E-state index in [9.17, 15) is 0 Å². The molecular formula is C19H18N2O+2. The van der Waals surface area contributed by atoms with E-state index < -0.39 is 0 Å². The van der Waals surface area contributed by atoms with Crippen LogP contribution in [0.25, 0.3) is 21.9 Å². The Kier molecular flexibility index (Phi) is 1.71. The highest BCUT2D eigenvalue weighted by molar-refractivity contribution is 6.06. The fraction of sp³-hybridized carbons (Fsp3) is 0.263. The lowest BCUT2D eigenvalue weighted by Gasteiger charge is -2.54. The van der Waals surface area contributed by atoms with Crippen LogP contribution in [0.5, 0.6) is 0 Å². The lowest BCUT2D eigenvalue weighted by molar-refractivity contribution is -0.945. The molecule has 5 heterocycles. The highest BCUT2D eigenvalue weighted by Crippen LogP contribution is 2.54. The number of fused-ring (bicyclic) bond motifs is 4. The lowest BCUT2D eigenvalue weighted by atomic mass is 9.92. The molecule has 0 saturated carbocycles. The summed E-state index contributed by atoms with van der Waals surface area (Å²) in [5, 5.41) is 2.51. The molecule has 1 fully saturated rings. The van der Waals surface area contributed by atoms with Gasteiger partial charge in [0.25, 0.3) is 0 Å². The number of quaternary nitrogens is 2. The van der Waals surface area contributed by atoms with Gasteiger partial charge in [0.1, 0.15) is 11.2 Å². The van der Waals surface area contributed by atoms with Crippen LogP contribution in [0, 0.1) is 0 Å². The zero-order valence-electron chi connectivity index (χ0n) is 12.6. The van der Waals surface area contributed by atoms with Gasteiger partial charge >= 0.3 is 0 Å². The molecule has 2 aromatic carbocycles. The van der Waals surface area contributed by atoms with Crippen molar-refractivity contribution >= 4 is 27.6 Å². The van der Waals surface area contributed by atoms with Crippen LogP contribution in [0.4, 0.5) is 5.69 Å². The van der Waals surface area contributed by atoms with Crippen LogP contribution in [-0.4, -0.2) is 24.4 Å². The largest absolute Gasteiger partial charge is 0.456 e. The Hall–Kier alpha value is -2.10. The fourth-order valence-electron chi connectivity index (χ4n) is 5.15. The Morgan fingerprint density at radius 2 is 1.95 bits per heavy atom. The summed E-state index contributed by atoms with van der Waals surface area (Å²) in [6.07, 6.45) is 7.96. The number of furan rings is 1. The lowest BCUT2D eigenvalue weighted by Crippen LogP contribution is -2.78. The Balaban J connectivity index is 1.69. The smallest absolute Gasteiger partial charge is 0.239 e. The number of para-hydroxylation sites is 1. The van der Waals surface area contributed by atoms with Crippen LogP contribution in [0.1, 0.15) is 12.0 Å². The van der Waals surface area contributed by atoms with Crippen molar-refractivity contribution < 1.29 is 8.90 Å². The summed E-state index contributed by atoms with van der Waals surface area (Å²) in [5.41, 5.74) is 5.01. The third-order valence-electron chi connectivity index (χ3n) is 6.12. The van der Waals surface area contributed by atoms with E-state index in [2.05, 4.69) is 49.8 Å². The molecule has 2 bridgehead atoms. The first-order valence-electron chi connectivity index (χ1n) is 8.07. The van der Waals surface area contributed by atoms with Crippen LogP contribution in [-0.2, 0) is 6.42 Å². The number of benzene rings is 2. The Bertz CT molecular complexity index is 1000. The summed E-state index contributed by atoms with van der Waals surface area (Å²) in [7, 11) is 2.36. The molecule has 0 amide bonds. The van der Waals surface area contributed by atoms with Crippen molar-refractivity contribution in [2.45, 2.75) is 19.0 Å². The molecule has 3 atom stereocenters. The van der Waals surface area contributed by atoms with Gasteiger partial charge in [-0.25, -0.2) is 0 Å². The molecule has 3 heteroatoms. The van der Waals surface area contributed by atoms with Gasteiger partial charge in [-0.2, -0.15) is 8.97 Å². The predicted octanol–water partition coefficient (Wildman–Crippen LogP) is 4.07. The van der Waals surface area contributed by atoms with Gasteiger partial charge in [0.15, 0.2) is 18.1 Å². The van der Waals surface area contributed by atoms with Crippen LogP contribution in [0.3, 0.4) is 0 Å². The van der Waals surface area contributed by atoms with Gasteiger partial charge in [-0.1, -0.05) is 18.2 Å². The first-order valence-corrected chi connectivity index (χ1v) is 8.07. The maximum atomic E-state index is 6.07. The first-order chi connectivity index (χ1) is 10.7. The molecule has 1 spiro atoms. The molecule has 22 heavy (non-hydrogen) atoms. The summed E-state index contributed by atoms with van der Waals surface area (Å²) >= 11 is 0. The van der Waals surface area contributed by atoms with Crippen molar-refractivity contribution in [1.29, 1.82) is 0 Å². The van der Waals surface area contributed by atoms with Gasteiger partial charge < -0.3 is 4.42 Å². The number of nitrogens with zero attached hydrogens (tertiary/aromatic N) is 2. The average Bonchev–Trinajstić information content (AvgIpc) is 3.13. The van der Waals surface area contributed by atoms with Crippen molar-refractivity contribution in [2.75, 3.05) is 13.7 Å². The van der Waals surface area contributed by atoms with Crippen LogP contribution in [0.2, 0.25) is 0 Å². The second-order valence-corrected chi connectivity index (χ2v) is 7.31. The number of hydrogen-bond donors (Lipinski definition) is 0. The topological polar surface area (TPSA) is 13.1 Å². The highest BCUT2D eigenvalue weighted by Gasteiger charge is 2.69. The van der Waals surface area contributed by atoms with E-state index >= 15 is 0 Å². The molecule has 0 aliphatic carbocycles. The normalized spacial score (nSPS) is 34.7. The maximum Gasteiger partial charge on any atom is 0.239 e. The second-order valence-electron chi connectivity index (χ2n) is 7.31. The minimum Gasteiger partial charge on any atom is -0.456 e. The van der Waals surface area contributed by atoms with Gasteiger partial charge in [0, 0.05) is 22.4 Å². The van der Waals surface area contributed by atoms with E-state index in [1.165, 1.54) is 41.5 Å². The number of aryl methyl sites for hydroxylation is 1. The summed E-state index contributed by atoms with van der Waals surface area (Å²) in [5.74, 6) is 0. The van der Waals surface area contributed by atoms with E-state index in [0.29, 0.717) is 6.17 Å². The molecule has 3 nitrogen and oxygen atoms in total. The molecule has 3 unspecified atom stereocenters. The first kappa shape index (κ1) is 11.5. The van der Waals surface area contributed by atoms with E-state index in [1.807, 2.05) is 6.07 Å². The quantitative estimate of drug-likeness (QED) is 0.569. The molecule has 4 aliphatic heterocycles. The van der Waals surface area contributed by atoms with Crippen LogP contribution in [0.15, 0.2) is 53.2 Å². The van der Waals surface area contributed by atoms with E-state index in [-0.39, 0.29) is 0 Å². The van der Waals surface area contributed by atoms with Crippen molar-refractivity contribution in [3.8, 4) is 0 Å². The summed E-state index contributed by atoms with van der Waals surface area (Å²) in [4.78, 5) is 0. The zero-order valence-corrected chi connectivity index (χ0v) is 12.6. The fourth-order valence-corrected chi connectivity index (χ4v) is 5.15. The molecule has 1 aromatic heterocycles. The third-order valence-corrected chi connectivity index (χ3v) is 6.12. The maximum absolute atomic E-state index is 6.07. The van der Waals surface area contributed by atoms with E-state index in [1.54, 1.807) is 0 Å². The van der Waals surface area contributed by atoms with Crippen molar-refractivity contribution in [2.24, 2.45) is 0 Å². The van der Waals surface area contributed by atoms with E-state index in [0.717, 1.165) is 20.1 Å². The number of rotatable bonds is 0. The van der Waals surface area contributed by atoms with Crippen LogP contribution >= 0.6 is 0 Å². The standard InChI is InChI=1S/C19H18N2O/c1-20-8-9-21(12-20)16-11-15-14-4-2-3-5-17(14)22-18(15)10-13(16)6-7-19(20)21/h2-5,8-11,19H,6-7,12H2,1H3/q+2. The molecule has 7 rings (SSSR count). The van der Waals surface area contributed by atoms with Gasteiger partial charge in [0.05, 0.1) is 13.5 Å².